The van der Waals surface area contributed by atoms with Crippen molar-refractivity contribution in [2.75, 3.05) is 0 Å². The number of halogens is 2. The Balaban J connectivity index is 2.61. The third-order valence-corrected chi connectivity index (χ3v) is 3.52. The molecule has 0 aliphatic rings. The van der Waals surface area contributed by atoms with Gasteiger partial charge in [-0.25, -0.2) is 19.9 Å². The van der Waals surface area contributed by atoms with Crippen molar-refractivity contribution in [2.24, 2.45) is 0 Å². The lowest BCUT2D eigenvalue weighted by molar-refractivity contribution is 1.23. The summed E-state index contributed by atoms with van der Waals surface area (Å²) in [6, 6.07) is 0. The lowest BCUT2D eigenvalue weighted by Gasteiger charge is -1.92. The Kier molecular flexibility index (Phi) is 1.98. The van der Waals surface area contributed by atoms with Crippen LogP contribution in [0.2, 0.25) is 10.4 Å². The number of fused-ring (bicyclic) bond motifs is 3. The van der Waals surface area contributed by atoms with Gasteiger partial charge in [0.25, 0.3) is 0 Å². The Bertz CT molecular complexity index is 666. The Morgan fingerprint density at radius 3 is 2.67 bits per heavy atom. The van der Waals surface area contributed by atoms with Crippen LogP contribution in [0.1, 0.15) is 0 Å². The zero-order valence-corrected chi connectivity index (χ0v) is 9.44. The summed E-state index contributed by atoms with van der Waals surface area (Å²) >= 11 is 13.1. The maximum Gasteiger partial charge on any atom is 0.224 e. The molecular formula is C8H2Cl2N4S. The van der Waals surface area contributed by atoms with Crippen LogP contribution in [0.3, 0.4) is 0 Å². The van der Waals surface area contributed by atoms with E-state index >= 15 is 0 Å². The van der Waals surface area contributed by atoms with Crippen LogP contribution in [0.15, 0.2) is 12.4 Å². The molecular weight excluding hydrogens is 255 g/mol. The standard InChI is InChI=1S/C8H2Cl2N4S/c9-6-5-3(13-8(10)14-6)4-7(15-5)12-2-1-11-4/h1-2H. The summed E-state index contributed by atoms with van der Waals surface area (Å²) < 4.78 is 0.766. The molecule has 0 aliphatic carbocycles. The smallest absolute Gasteiger partial charge is 0.224 e. The minimum atomic E-state index is 0.123. The molecule has 3 heterocycles. The van der Waals surface area contributed by atoms with Gasteiger partial charge in [-0.2, -0.15) is 0 Å². The third kappa shape index (κ3) is 1.35. The Labute approximate surface area is 97.9 Å². The summed E-state index contributed by atoms with van der Waals surface area (Å²) in [6.45, 7) is 0. The van der Waals surface area contributed by atoms with Gasteiger partial charge in [0.15, 0.2) is 5.15 Å². The Morgan fingerprint density at radius 1 is 1.00 bits per heavy atom. The molecule has 0 radical (unpaired) electrons. The van der Waals surface area contributed by atoms with Crippen molar-refractivity contribution in [3.63, 3.8) is 0 Å². The van der Waals surface area contributed by atoms with Gasteiger partial charge < -0.3 is 0 Å². The molecule has 0 fully saturated rings. The predicted octanol–water partition coefficient (Wildman–Crippen LogP) is 2.94. The number of hydrogen-bond donors (Lipinski definition) is 0. The van der Waals surface area contributed by atoms with E-state index in [1.54, 1.807) is 12.4 Å². The monoisotopic (exact) mass is 256 g/mol. The number of hydrogen-bond acceptors (Lipinski definition) is 5. The van der Waals surface area contributed by atoms with Crippen molar-refractivity contribution in [3.05, 3.63) is 22.8 Å². The molecule has 0 aliphatic heterocycles. The molecule has 0 spiro atoms. The maximum absolute atomic E-state index is 5.95. The average molecular weight is 257 g/mol. The zero-order chi connectivity index (χ0) is 10.4. The van der Waals surface area contributed by atoms with E-state index in [0.29, 0.717) is 16.2 Å². The first-order chi connectivity index (χ1) is 7.25. The van der Waals surface area contributed by atoms with E-state index in [1.807, 2.05) is 0 Å². The topological polar surface area (TPSA) is 51.6 Å². The van der Waals surface area contributed by atoms with Gasteiger partial charge in [-0.15, -0.1) is 11.3 Å². The minimum Gasteiger partial charge on any atom is -0.250 e. The highest BCUT2D eigenvalue weighted by molar-refractivity contribution is 7.25. The van der Waals surface area contributed by atoms with E-state index in [4.69, 9.17) is 23.2 Å². The van der Waals surface area contributed by atoms with E-state index in [-0.39, 0.29) is 5.28 Å². The summed E-state index contributed by atoms with van der Waals surface area (Å²) in [5.41, 5.74) is 1.37. The van der Waals surface area contributed by atoms with Gasteiger partial charge in [0, 0.05) is 12.4 Å². The fourth-order valence-electron chi connectivity index (χ4n) is 1.31. The second-order valence-electron chi connectivity index (χ2n) is 2.77. The van der Waals surface area contributed by atoms with Crippen LogP contribution in [-0.2, 0) is 0 Å². The molecule has 0 unspecified atom stereocenters. The van der Waals surface area contributed by atoms with Gasteiger partial charge in [0.05, 0.1) is 4.70 Å². The molecule has 0 atom stereocenters. The largest absolute Gasteiger partial charge is 0.250 e. The van der Waals surface area contributed by atoms with Crippen LogP contribution in [-0.4, -0.2) is 19.9 Å². The first-order valence-corrected chi connectivity index (χ1v) is 5.55. The summed E-state index contributed by atoms with van der Waals surface area (Å²) in [5.74, 6) is 0. The number of nitrogens with zero attached hydrogens (tertiary/aromatic N) is 4. The highest BCUT2D eigenvalue weighted by atomic mass is 35.5. The highest BCUT2D eigenvalue weighted by Gasteiger charge is 2.13. The van der Waals surface area contributed by atoms with Crippen molar-refractivity contribution >= 4 is 55.1 Å². The van der Waals surface area contributed by atoms with Gasteiger partial charge in [-0.3, -0.25) is 0 Å². The predicted molar refractivity (Wildman–Crippen MR) is 60.5 cm³/mol. The lowest BCUT2D eigenvalue weighted by Crippen LogP contribution is -1.84. The van der Waals surface area contributed by atoms with Crippen LogP contribution in [0, 0.1) is 0 Å². The van der Waals surface area contributed by atoms with Crippen molar-refractivity contribution in [3.8, 4) is 0 Å². The Morgan fingerprint density at radius 2 is 1.80 bits per heavy atom. The molecule has 3 aromatic rings. The molecule has 0 N–H and O–H groups in total. The number of rotatable bonds is 0. The van der Waals surface area contributed by atoms with Crippen LogP contribution in [0.4, 0.5) is 0 Å². The third-order valence-electron chi connectivity index (χ3n) is 1.88. The molecule has 0 saturated carbocycles. The van der Waals surface area contributed by atoms with E-state index in [9.17, 15) is 0 Å². The summed E-state index contributed by atoms with van der Waals surface area (Å²) in [6.07, 6.45) is 3.24. The lowest BCUT2D eigenvalue weighted by atomic mass is 10.4. The maximum atomic E-state index is 5.95. The molecule has 0 amide bonds. The zero-order valence-electron chi connectivity index (χ0n) is 7.11. The van der Waals surface area contributed by atoms with Crippen LogP contribution >= 0.6 is 34.5 Å². The normalized spacial score (nSPS) is 11.3. The molecule has 0 saturated heterocycles. The molecule has 0 aromatic carbocycles. The van der Waals surface area contributed by atoms with Crippen molar-refractivity contribution in [2.45, 2.75) is 0 Å². The van der Waals surface area contributed by atoms with Crippen molar-refractivity contribution in [1.29, 1.82) is 0 Å². The average Bonchev–Trinajstić information content (AvgIpc) is 2.57. The van der Waals surface area contributed by atoms with Crippen molar-refractivity contribution in [1.82, 2.24) is 19.9 Å². The Hall–Kier alpha value is -1.04. The van der Waals surface area contributed by atoms with Crippen molar-refractivity contribution < 1.29 is 0 Å². The van der Waals surface area contributed by atoms with Crippen LogP contribution in [0.25, 0.3) is 20.6 Å². The fourth-order valence-corrected chi connectivity index (χ4v) is 2.73. The van der Waals surface area contributed by atoms with Gasteiger partial charge in [0.2, 0.25) is 5.28 Å². The van der Waals surface area contributed by atoms with Gasteiger partial charge in [-0.1, -0.05) is 11.6 Å². The number of aromatic nitrogens is 4. The van der Waals surface area contributed by atoms with Gasteiger partial charge in [-0.05, 0) is 11.6 Å². The SMILES string of the molecule is Clc1nc(Cl)c2sc3nccnc3c2n1. The second-order valence-corrected chi connectivity index (χ2v) is 4.47. The molecule has 0 bridgehead atoms. The van der Waals surface area contributed by atoms with Crippen LogP contribution < -0.4 is 0 Å². The highest BCUT2D eigenvalue weighted by Crippen LogP contribution is 2.34. The van der Waals surface area contributed by atoms with Gasteiger partial charge >= 0.3 is 0 Å². The van der Waals surface area contributed by atoms with Gasteiger partial charge in [0.1, 0.15) is 15.9 Å². The summed E-state index contributed by atoms with van der Waals surface area (Å²) in [5, 5.41) is 0.465. The fraction of sp³-hybridized carbons (Fsp3) is 0. The number of thiophene rings is 1. The molecule has 4 nitrogen and oxygen atoms in total. The minimum absolute atomic E-state index is 0.123. The van der Waals surface area contributed by atoms with E-state index in [2.05, 4.69) is 19.9 Å². The summed E-state index contributed by atoms with van der Waals surface area (Å²) in [7, 11) is 0. The molecule has 3 aromatic heterocycles. The van der Waals surface area contributed by atoms with E-state index in [0.717, 1.165) is 9.53 Å². The molecule has 15 heavy (non-hydrogen) atoms. The quantitative estimate of drug-likeness (QED) is 0.459. The first-order valence-electron chi connectivity index (χ1n) is 3.98. The molecule has 3 rings (SSSR count). The second kappa shape index (κ2) is 3.23. The van der Waals surface area contributed by atoms with Crippen LogP contribution in [0.5, 0.6) is 0 Å². The molecule has 7 heteroatoms. The van der Waals surface area contributed by atoms with E-state index in [1.165, 1.54) is 11.3 Å². The summed E-state index contributed by atoms with van der Waals surface area (Å²) in [4.78, 5) is 17.1. The van der Waals surface area contributed by atoms with E-state index < -0.39 is 0 Å². The molecule has 74 valence electrons. The first kappa shape index (κ1) is 9.21.